The second-order valence-electron chi connectivity index (χ2n) is 1.67. The SMILES string of the molecule is N=CC=Cc1cc[nH]c1. The van der Waals surface area contributed by atoms with Crippen molar-refractivity contribution in [1.82, 2.24) is 4.98 Å². The average Bonchev–Trinajstić information content (AvgIpc) is 2.34. The third kappa shape index (κ3) is 1.57. The standard InChI is InChI=1S/C7H8N2/c8-4-1-2-7-3-5-9-6-7/h1-6,8-9H. The molecule has 1 heterocycles. The van der Waals surface area contributed by atoms with E-state index in [-0.39, 0.29) is 0 Å². The minimum absolute atomic E-state index is 1.10. The van der Waals surface area contributed by atoms with Crippen LogP contribution in [0.3, 0.4) is 0 Å². The van der Waals surface area contributed by atoms with Crippen LogP contribution < -0.4 is 0 Å². The van der Waals surface area contributed by atoms with Crippen LogP contribution in [0.2, 0.25) is 0 Å². The van der Waals surface area contributed by atoms with E-state index >= 15 is 0 Å². The van der Waals surface area contributed by atoms with Gasteiger partial charge in [0.25, 0.3) is 0 Å². The highest BCUT2D eigenvalue weighted by Crippen LogP contribution is 1.97. The fourth-order valence-corrected chi connectivity index (χ4v) is 0.600. The molecule has 0 aliphatic heterocycles. The van der Waals surface area contributed by atoms with Crippen LogP contribution in [0.5, 0.6) is 0 Å². The molecule has 0 bridgehead atoms. The van der Waals surface area contributed by atoms with Gasteiger partial charge in [-0.3, -0.25) is 0 Å². The number of hydrogen-bond donors (Lipinski definition) is 2. The topological polar surface area (TPSA) is 39.6 Å². The predicted molar refractivity (Wildman–Crippen MR) is 38.6 cm³/mol. The van der Waals surface area contributed by atoms with Gasteiger partial charge in [-0.05, 0) is 17.7 Å². The zero-order valence-electron chi connectivity index (χ0n) is 4.96. The summed E-state index contributed by atoms with van der Waals surface area (Å²) in [6.07, 6.45) is 8.53. The molecular weight excluding hydrogens is 112 g/mol. The van der Waals surface area contributed by atoms with Crippen LogP contribution in [0.25, 0.3) is 6.08 Å². The molecule has 0 saturated carbocycles. The Labute approximate surface area is 53.7 Å². The Morgan fingerprint density at radius 3 is 3.00 bits per heavy atom. The van der Waals surface area contributed by atoms with E-state index in [1.54, 1.807) is 6.08 Å². The van der Waals surface area contributed by atoms with Crippen molar-refractivity contribution < 1.29 is 0 Å². The summed E-state index contributed by atoms with van der Waals surface area (Å²) in [7, 11) is 0. The number of nitrogens with one attached hydrogen (secondary N) is 2. The number of allylic oxidation sites excluding steroid dienone is 1. The van der Waals surface area contributed by atoms with Crippen LogP contribution in [-0.4, -0.2) is 11.2 Å². The molecule has 0 aliphatic carbocycles. The maximum Gasteiger partial charge on any atom is 0.0177 e. The molecule has 0 radical (unpaired) electrons. The Morgan fingerprint density at radius 1 is 1.56 bits per heavy atom. The first-order valence-corrected chi connectivity index (χ1v) is 2.73. The molecule has 1 aromatic rings. The molecular formula is C7H8N2. The summed E-state index contributed by atoms with van der Waals surface area (Å²) in [5, 5.41) is 6.68. The lowest BCUT2D eigenvalue weighted by Crippen LogP contribution is -1.60. The number of rotatable bonds is 2. The predicted octanol–water partition coefficient (Wildman–Crippen LogP) is 1.68. The van der Waals surface area contributed by atoms with Crippen molar-refractivity contribution in [3.63, 3.8) is 0 Å². The van der Waals surface area contributed by atoms with Crippen molar-refractivity contribution in [2.45, 2.75) is 0 Å². The van der Waals surface area contributed by atoms with E-state index in [9.17, 15) is 0 Å². The summed E-state index contributed by atoms with van der Waals surface area (Å²) in [4.78, 5) is 2.91. The molecule has 9 heavy (non-hydrogen) atoms. The van der Waals surface area contributed by atoms with Crippen molar-refractivity contribution in [3.8, 4) is 0 Å². The van der Waals surface area contributed by atoms with Gasteiger partial charge in [0, 0.05) is 18.6 Å². The highest BCUT2D eigenvalue weighted by Gasteiger charge is 1.79. The molecule has 1 rings (SSSR count). The molecule has 0 amide bonds. The number of aromatic amines is 1. The Hall–Kier alpha value is -1.31. The van der Waals surface area contributed by atoms with Gasteiger partial charge in [0.1, 0.15) is 0 Å². The second-order valence-corrected chi connectivity index (χ2v) is 1.67. The minimum atomic E-state index is 1.10. The highest BCUT2D eigenvalue weighted by molar-refractivity contribution is 5.75. The molecule has 2 N–H and O–H groups in total. The lowest BCUT2D eigenvalue weighted by molar-refractivity contribution is 1.41. The number of aromatic nitrogens is 1. The van der Waals surface area contributed by atoms with Crippen molar-refractivity contribution in [3.05, 3.63) is 30.1 Å². The van der Waals surface area contributed by atoms with Gasteiger partial charge in [-0.2, -0.15) is 0 Å². The van der Waals surface area contributed by atoms with Gasteiger partial charge in [0.15, 0.2) is 0 Å². The molecule has 0 fully saturated rings. The molecule has 46 valence electrons. The average molecular weight is 120 g/mol. The van der Waals surface area contributed by atoms with E-state index in [1.807, 2.05) is 24.5 Å². The summed E-state index contributed by atoms with van der Waals surface area (Å²) in [5.41, 5.74) is 1.10. The van der Waals surface area contributed by atoms with Crippen LogP contribution >= 0.6 is 0 Å². The van der Waals surface area contributed by atoms with Gasteiger partial charge in [0.2, 0.25) is 0 Å². The molecule has 0 spiro atoms. The lowest BCUT2D eigenvalue weighted by atomic mass is 10.3. The Kier molecular flexibility index (Phi) is 1.85. The second kappa shape index (κ2) is 2.87. The summed E-state index contributed by atoms with van der Waals surface area (Å²) >= 11 is 0. The molecule has 1 aromatic heterocycles. The van der Waals surface area contributed by atoms with Gasteiger partial charge in [-0.1, -0.05) is 6.08 Å². The lowest BCUT2D eigenvalue weighted by Gasteiger charge is -1.75. The summed E-state index contributed by atoms with van der Waals surface area (Å²) in [6.45, 7) is 0. The fraction of sp³-hybridized carbons (Fsp3) is 0. The van der Waals surface area contributed by atoms with Crippen molar-refractivity contribution in [1.29, 1.82) is 5.41 Å². The molecule has 0 atom stereocenters. The van der Waals surface area contributed by atoms with Gasteiger partial charge in [-0.15, -0.1) is 0 Å². The number of hydrogen-bond acceptors (Lipinski definition) is 1. The van der Waals surface area contributed by atoms with Gasteiger partial charge >= 0.3 is 0 Å². The first-order valence-electron chi connectivity index (χ1n) is 2.73. The van der Waals surface area contributed by atoms with Gasteiger partial charge < -0.3 is 10.4 Å². The van der Waals surface area contributed by atoms with E-state index in [4.69, 9.17) is 5.41 Å². The van der Waals surface area contributed by atoms with E-state index < -0.39 is 0 Å². The Bertz CT molecular complexity index is 197. The fourth-order valence-electron chi connectivity index (χ4n) is 0.600. The van der Waals surface area contributed by atoms with Crippen LogP contribution in [0, 0.1) is 5.41 Å². The molecule has 0 unspecified atom stereocenters. The number of H-pyrrole nitrogens is 1. The maximum atomic E-state index is 6.68. The van der Waals surface area contributed by atoms with Crippen molar-refractivity contribution >= 4 is 12.3 Å². The minimum Gasteiger partial charge on any atom is -0.367 e. The Balaban J connectivity index is 2.67. The summed E-state index contributed by atoms with van der Waals surface area (Å²) < 4.78 is 0. The van der Waals surface area contributed by atoms with Crippen LogP contribution in [0.1, 0.15) is 5.56 Å². The van der Waals surface area contributed by atoms with Crippen LogP contribution in [0.4, 0.5) is 0 Å². The summed E-state index contributed by atoms with van der Waals surface area (Å²) in [5.74, 6) is 0. The first-order chi connectivity index (χ1) is 4.43. The maximum absolute atomic E-state index is 6.68. The third-order valence-corrected chi connectivity index (χ3v) is 1.01. The van der Waals surface area contributed by atoms with E-state index in [2.05, 4.69) is 4.98 Å². The molecule has 0 aromatic carbocycles. The molecule has 0 saturated heterocycles. The van der Waals surface area contributed by atoms with Crippen molar-refractivity contribution in [2.24, 2.45) is 0 Å². The molecule has 2 heteroatoms. The van der Waals surface area contributed by atoms with E-state index in [0.717, 1.165) is 5.56 Å². The Morgan fingerprint density at radius 2 is 2.44 bits per heavy atom. The monoisotopic (exact) mass is 120 g/mol. The first kappa shape index (κ1) is 5.82. The van der Waals surface area contributed by atoms with Crippen molar-refractivity contribution in [2.75, 3.05) is 0 Å². The van der Waals surface area contributed by atoms with Crippen LogP contribution in [0.15, 0.2) is 24.5 Å². The van der Waals surface area contributed by atoms with E-state index in [1.165, 1.54) is 6.21 Å². The zero-order valence-corrected chi connectivity index (χ0v) is 4.96. The zero-order chi connectivity index (χ0) is 6.53. The smallest absolute Gasteiger partial charge is 0.0177 e. The molecule has 0 aliphatic rings. The quantitative estimate of drug-likeness (QED) is 0.557. The molecule has 2 nitrogen and oxygen atoms in total. The normalized spacial score (nSPS) is 10.2. The van der Waals surface area contributed by atoms with Gasteiger partial charge in [-0.25, -0.2) is 0 Å². The largest absolute Gasteiger partial charge is 0.367 e. The van der Waals surface area contributed by atoms with Gasteiger partial charge in [0.05, 0.1) is 0 Å². The van der Waals surface area contributed by atoms with Crippen LogP contribution in [-0.2, 0) is 0 Å². The summed E-state index contributed by atoms with van der Waals surface area (Å²) in [6, 6.07) is 1.94. The third-order valence-electron chi connectivity index (χ3n) is 1.01. The van der Waals surface area contributed by atoms with E-state index in [0.29, 0.717) is 0 Å². The highest BCUT2D eigenvalue weighted by atomic mass is 14.6.